The summed E-state index contributed by atoms with van der Waals surface area (Å²) >= 11 is 0. The van der Waals surface area contributed by atoms with Gasteiger partial charge in [0.2, 0.25) is 0 Å². The van der Waals surface area contributed by atoms with Crippen molar-refractivity contribution in [3.8, 4) is 5.75 Å². The fraction of sp³-hybridized carbons (Fsp3) is 0.500. The molecule has 0 unspecified atom stereocenters. The highest BCUT2D eigenvalue weighted by molar-refractivity contribution is 5.79. The second-order valence-electron chi connectivity index (χ2n) is 4.94. The molecule has 92 valence electrons. The monoisotopic (exact) mass is 236 g/mol. The third-order valence-electron chi connectivity index (χ3n) is 3.72. The number of halogens is 1. The molecule has 0 radical (unpaired) electrons. The largest absolute Gasteiger partial charge is 0.496 e. The Hall–Kier alpha value is -1.38. The zero-order valence-corrected chi connectivity index (χ0v) is 10.3. The van der Waals surface area contributed by atoms with E-state index in [0.717, 1.165) is 18.4 Å². The van der Waals surface area contributed by atoms with Crippen molar-refractivity contribution < 1.29 is 13.9 Å². The van der Waals surface area contributed by atoms with Gasteiger partial charge in [0, 0.05) is 18.4 Å². The van der Waals surface area contributed by atoms with Crippen LogP contribution in [0.4, 0.5) is 4.39 Å². The Balaban J connectivity index is 2.38. The van der Waals surface area contributed by atoms with Crippen LogP contribution in [0.5, 0.6) is 5.75 Å². The lowest BCUT2D eigenvalue weighted by molar-refractivity contribution is -0.121. The molecule has 1 aliphatic rings. The van der Waals surface area contributed by atoms with Crippen molar-refractivity contribution in [3.63, 3.8) is 0 Å². The van der Waals surface area contributed by atoms with E-state index >= 15 is 0 Å². The Kier molecular flexibility index (Phi) is 3.18. The molecule has 0 atom stereocenters. The van der Waals surface area contributed by atoms with Crippen molar-refractivity contribution >= 4 is 5.78 Å². The van der Waals surface area contributed by atoms with Gasteiger partial charge in [0.05, 0.1) is 7.11 Å². The quantitative estimate of drug-likeness (QED) is 0.788. The molecule has 0 spiro atoms. The summed E-state index contributed by atoms with van der Waals surface area (Å²) in [6.07, 6.45) is 2.70. The van der Waals surface area contributed by atoms with Crippen LogP contribution in [0.1, 0.15) is 38.2 Å². The van der Waals surface area contributed by atoms with Crippen molar-refractivity contribution in [2.45, 2.75) is 38.0 Å². The minimum absolute atomic E-state index is 0.151. The fourth-order valence-corrected chi connectivity index (χ4v) is 2.50. The normalized spacial score (nSPS) is 19.1. The number of hydrogen-bond donors (Lipinski definition) is 0. The highest BCUT2D eigenvalue weighted by Gasteiger charge is 2.34. The standard InChI is InChI=1S/C14H17FO2/c1-14(7-5-11(16)6-8-14)12-9-10(15)3-4-13(12)17-2/h3-4,9H,5-8H2,1-2H3. The van der Waals surface area contributed by atoms with Gasteiger partial charge in [-0.3, -0.25) is 4.79 Å². The van der Waals surface area contributed by atoms with Crippen molar-refractivity contribution in [1.82, 2.24) is 0 Å². The van der Waals surface area contributed by atoms with Gasteiger partial charge < -0.3 is 4.74 Å². The smallest absolute Gasteiger partial charge is 0.132 e. The first-order valence-electron chi connectivity index (χ1n) is 5.91. The van der Waals surface area contributed by atoms with E-state index in [0.29, 0.717) is 24.4 Å². The first-order chi connectivity index (χ1) is 8.05. The molecule has 1 aliphatic carbocycles. The lowest BCUT2D eigenvalue weighted by Gasteiger charge is -2.34. The number of carbonyl (C=O) groups is 1. The number of methoxy groups -OCH3 is 1. The van der Waals surface area contributed by atoms with Gasteiger partial charge in [-0.05, 0) is 36.5 Å². The molecule has 2 rings (SSSR count). The molecule has 2 nitrogen and oxygen atoms in total. The van der Waals surface area contributed by atoms with E-state index in [-0.39, 0.29) is 11.2 Å². The van der Waals surface area contributed by atoms with Gasteiger partial charge in [-0.15, -0.1) is 0 Å². The van der Waals surface area contributed by atoms with Crippen molar-refractivity contribution in [1.29, 1.82) is 0 Å². The van der Waals surface area contributed by atoms with Gasteiger partial charge in [0.25, 0.3) is 0 Å². The van der Waals surface area contributed by atoms with Gasteiger partial charge >= 0.3 is 0 Å². The SMILES string of the molecule is COc1ccc(F)cc1C1(C)CCC(=O)CC1. The molecule has 0 heterocycles. The maximum absolute atomic E-state index is 13.4. The number of hydrogen-bond acceptors (Lipinski definition) is 2. The topological polar surface area (TPSA) is 26.3 Å². The van der Waals surface area contributed by atoms with Crippen LogP contribution >= 0.6 is 0 Å². The van der Waals surface area contributed by atoms with Gasteiger partial charge in [-0.25, -0.2) is 4.39 Å². The Morgan fingerprint density at radius 2 is 1.94 bits per heavy atom. The number of ether oxygens (including phenoxy) is 1. The summed E-state index contributed by atoms with van der Waals surface area (Å²) in [4.78, 5) is 11.3. The van der Waals surface area contributed by atoms with E-state index in [1.54, 1.807) is 13.2 Å². The molecule has 0 aliphatic heterocycles. The van der Waals surface area contributed by atoms with Gasteiger partial charge in [0.15, 0.2) is 0 Å². The minimum Gasteiger partial charge on any atom is -0.496 e. The van der Waals surface area contributed by atoms with E-state index in [2.05, 4.69) is 6.92 Å². The molecule has 1 fully saturated rings. The number of carbonyl (C=O) groups excluding carboxylic acids is 1. The Bertz CT molecular complexity index is 430. The van der Waals surface area contributed by atoms with Crippen LogP contribution in [0.25, 0.3) is 0 Å². The van der Waals surface area contributed by atoms with E-state index < -0.39 is 0 Å². The van der Waals surface area contributed by atoms with Crippen LogP contribution in [0.3, 0.4) is 0 Å². The number of benzene rings is 1. The maximum atomic E-state index is 13.4. The molecule has 0 amide bonds. The molecule has 3 heteroatoms. The summed E-state index contributed by atoms with van der Waals surface area (Å²) in [6.45, 7) is 2.08. The maximum Gasteiger partial charge on any atom is 0.132 e. The van der Waals surface area contributed by atoms with E-state index in [4.69, 9.17) is 4.74 Å². The molecule has 0 saturated heterocycles. The Labute approximate surface area is 101 Å². The second-order valence-corrected chi connectivity index (χ2v) is 4.94. The van der Waals surface area contributed by atoms with Crippen LogP contribution in [-0.4, -0.2) is 12.9 Å². The summed E-state index contributed by atoms with van der Waals surface area (Å²) < 4.78 is 18.7. The molecule has 1 aromatic carbocycles. The molecular weight excluding hydrogens is 219 g/mol. The molecule has 17 heavy (non-hydrogen) atoms. The van der Waals surface area contributed by atoms with E-state index in [1.165, 1.54) is 12.1 Å². The molecule has 0 bridgehead atoms. The van der Waals surface area contributed by atoms with Crippen LogP contribution < -0.4 is 4.74 Å². The predicted octanol–water partition coefficient (Wildman–Crippen LogP) is 3.24. The lowest BCUT2D eigenvalue weighted by atomic mass is 9.70. The summed E-state index contributed by atoms with van der Waals surface area (Å²) in [5.74, 6) is 0.764. The summed E-state index contributed by atoms with van der Waals surface area (Å²) in [5.41, 5.74) is 0.731. The molecule has 0 N–H and O–H groups in total. The number of Topliss-reactive ketones (excluding diaryl/α,β-unsaturated/α-hetero) is 1. The number of rotatable bonds is 2. The second kappa shape index (κ2) is 4.47. The first-order valence-corrected chi connectivity index (χ1v) is 5.91. The highest BCUT2D eigenvalue weighted by Crippen LogP contribution is 2.42. The van der Waals surface area contributed by atoms with Crippen LogP contribution in [0.2, 0.25) is 0 Å². The van der Waals surface area contributed by atoms with Crippen molar-refractivity contribution in [2.24, 2.45) is 0 Å². The van der Waals surface area contributed by atoms with Crippen molar-refractivity contribution in [3.05, 3.63) is 29.6 Å². The molecule has 0 aromatic heterocycles. The number of ketones is 1. The zero-order valence-electron chi connectivity index (χ0n) is 10.3. The van der Waals surface area contributed by atoms with E-state index in [9.17, 15) is 9.18 Å². The van der Waals surface area contributed by atoms with Crippen LogP contribution in [0.15, 0.2) is 18.2 Å². The molecule has 1 saturated carbocycles. The summed E-state index contributed by atoms with van der Waals surface area (Å²) in [7, 11) is 1.59. The zero-order chi connectivity index (χ0) is 12.5. The van der Waals surface area contributed by atoms with Gasteiger partial charge in [0.1, 0.15) is 17.3 Å². The van der Waals surface area contributed by atoms with Crippen molar-refractivity contribution in [2.75, 3.05) is 7.11 Å². The predicted molar refractivity (Wildman–Crippen MR) is 63.8 cm³/mol. The summed E-state index contributed by atoms with van der Waals surface area (Å²) in [6, 6.07) is 4.60. The van der Waals surface area contributed by atoms with Crippen LogP contribution in [0, 0.1) is 5.82 Å². The fourth-order valence-electron chi connectivity index (χ4n) is 2.50. The first kappa shape index (κ1) is 12.1. The highest BCUT2D eigenvalue weighted by atomic mass is 19.1. The third-order valence-corrected chi connectivity index (χ3v) is 3.72. The van der Waals surface area contributed by atoms with Gasteiger partial charge in [-0.2, -0.15) is 0 Å². The third kappa shape index (κ3) is 2.33. The van der Waals surface area contributed by atoms with Gasteiger partial charge in [-0.1, -0.05) is 6.92 Å². The lowest BCUT2D eigenvalue weighted by Crippen LogP contribution is -2.29. The Morgan fingerprint density at radius 1 is 1.29 bits per heavy atom. The average Bonchev–Trinajstić information content (AvgIpc) is 2.33. The average molecular weight is 236 g/mol. The molecule has 1 aromatic rings. The molecular formula is C14H17FO2. The minimum atomic E-state index is -0.251. The Morgan fingerprint density at radius 3 is 2.53 bits per heavy atom. The summed E-state index contributed by atoms with van der Waals surface area (Å²) in [5, 5.41) is 0. The van der Waals surface area contributed by atoms with E-state index in [1.807, 2.05) is 0 Å². The van der Waals surface area contributed by atoms with Crippen LogP contribution in [-0.2, 0) is 10.2 Å².